The summed E-state index contributed by atoms with van der Waals surface area (Å²) in [7, 11) is 2.07. The molecule has 2 heteroatoms. The van der Waals surface area contributed by atoms with Gasteiger partial charge in [-0.05, 0) is 50.2 Å². The van der Waals surface area contributed by atoms with E-state index in [9.17, 15) is 0 Å². The quantitative estimate of drug-likeness (QED) is 0.748. The van der Waals surface area contributed by atoms with E-state index in [1.54, 1.807) is 0 Å². The summed E-state index contributed by atoms with van der Waals surface area (Å²) < 4.78 is 0. The number of likely N-dealkylation sites (tertiary alicyclic amines) is 1. The fraction of sp³-hybridized carbons (Fsp3) is 1.00. The van der Waals surface area contributed by atoms with Crippen LogP contribution in [0.3, 0.4) is 0 Å². The van der Waals surface area contributed by atoms with Gasteiger partial charge < -0.3 is 10.2 Å². The van der Waals surface area contributed by atoms with Crippen molar-refractivity contribution in [3.05, 3.63) is 0 Å². The fourth-order valence-corrected chi connectivity index (χ4v) is 3.40. The zero-order chi connectivity index (χ0) is 13.6. The fourth-order valence-electron chi connectivity index (χ4n) is 3.40. The lowest BCUT2D eigenvalue weighted by Gasteiger charge is -2.44. The smallest absolute Gasteiger partial charge is 0.00474 e. The van der Waals surface area contributed by atoms with Crippen LogP contribution < -0.4 is 5.32 Å². The van der Waals surface area contributed by atoms with E-state index in [0.717, 1.165) is 6.54 Å². The summed E-state index contributed by atoms with van der Waals surface area (Å²) in [5, 5.41) is 3.36. The van der Waals surface area contributed by atoms with Gasteiger partial charge in [-0.3, -0.25) is 0 Å². The van der Waals surface area contributed by atoms with Crippen molar-refractivity contribution < 1.29 is 0 Å². The first-order valence-corrected chi connectivity index (χ1v) is 7.90. The van der Waals surface area contributed by atoms with E-state index in [-0.39, 0.29) is 0 Å². The molecular weight excluding hydrogens is 220 g/mol. The summed E-state index contributed by atoms with van der Waals surface area (Å²) in [6.45, 7) is 14.5. The third-order valence-electron chi connectivity index (χ3n) is 5.48. The van der Waals surface area contributed by atoms with E-state index in [4.69, 9.17) is 0 Å². The summed E-state index contributed by atoms with van der Waals surface area (Å²) >= 11 is 0. The number of hydrogen-bond donors (Lipinski definition) is 1. The Morgan fingerprint density at radius 1 is 1.11 bits per heavy atom. The zero-order valence-corrected chi connectivity index (χ0v) is 13.3. The molecule has 1 atom stereocenters. The van der Waals surface area contributed by atoms with Crippen LogP contribution in [-0.4, -0.2) is 38.1 Å². The predicted molar refractivity (Wildman–Crippen MR) is 81.0 cm³/mol. The molecule has 0 bridgehead atoms. The van der Waals surface area contributed by atoms with Gasteiger partial charge in [-0.25, -0.2) is 0 Å². The second-order valence-corrected chi connectivity index (χ2v) is 6.68. The van der Waals surface area contributed by atoms with Crippen LogP contribution in [0.15, 0.2) is 0 Å². The van der Waals surface area contributed by atoms with Crippen molar-refractivity contribution in [3.8, 4) is 0 Å². The van der Waals surface area contributed by atoms with Gasteiger partial charge in [-0.15, -0.1) is 0 Å². The highest BCUT2D eigenvalue weighted by Gasteiger charge is 2.33. The first-order valence-electron chi connectivity index (χ1n) is 7.90. The Bertz CT molecular complexity index is 225. The van der Waals surface area contributed by atoms with Crippen molar-refractivity contribution in [2.45, 2.75) is 59.8 Å². The van der Waals surface area contributed by atoms with E-state index >= 15 is 0 Å². The van der Waals surface area contributed by atoms with Crippen molar-refractivity contribution in [3.63, 3.8) is 0 Å². The van der Waals surface area contributed by atoms with Gasteiger partial charge in [0.1, 0.15) is 0 Å². The van der Waals surface area contributed by atoms with Gasteiger partial charge in [0.25, 0.3) is 0 Å². The summed E-state index contributed by atoms with van der Waals surface area (Å²) in [5.41, 5.74) is 1.09. The average Bonchev–Trinajstić information content (AvgIpc) is 2.40. The lowest BCUT2D eigenvalue weighted by molar-refractivity contribution is 0.0635. The van der Waals surface area contributed by atoms with Gasteiger partial charge in [0, 0.05) is 13.1 Å². The van der Waals surface area contributed by atoms with E-state index < -0.39 is 0 Å². The van der Waals surface area contributed by atoms with Gasteiger partial charge in [0.05, 0.1) is 0 Å². The molecule has 108 valence electrons. The normalized spacial score (nSPS) is 23.8. The SMILES string of the molecule is CCC(C)(CNC)CN1CCC(CC)(CC)CC1. The van der Waals surface area contributed by atoms with Crippen LogP contribution in [0.1, 0.15) is 59.8 Å². The molecule has 1 saturated heterocycles. The van der Waals surface area contributed by atoms with Gasteiger partial charge >= 0.3 is 0 Å². The monoisotopic (exact) mass is 254 g/mol. The molecule has 0 spiro atoms. The van der Waals surface area contributed by atoms with Gasteiger partial charge in [0.15, 0.2) is 0 Å². The number of nitrogens with one attached hydrogen (secondary N) is 1. The first kappa shape index (κ1) is 16.0. The van der Waals surface area contributed by atoms with Crippen LogP contribution in [0.2, 0.25) is 0 Å². The first-order chi connectivity index (χ1) is 8.53. The van der Waals surface area contributed by atoms with Gasteiger partial charge in [-0.2, -0.15) is 0 Å². The van der Waals surface area contributed by atoms with Crippen molar-refractivity contribution in [1.82, 2.24) is 10.2 Å². The molecule has 2 nitrogen and oxygen atoms in total. The molecular formula is C16H34N2. The third kappa shape index (κ3) is 3.96. The molecule has 1 aliphatic heterocycles. The van der Waals surface area contributed by atoms with Crippen LogP contribution in [0.5, 0.6) is 0 Å². The minimum Gasteiger partial charge on any atom is -0.319 e. The van der Waals surface area contributed by atoms with Crippen molar-refractivity contribution in [2.24, 2.45) is 10.8 Å². The molecule has 18 heavy (non-hydrogen) atoms. The Morgan fingerprint density at radius 3 is 2.06 bits per heavy atom. The van der Waals surface area contributed by atoms with Crippen molar-refractivity contribution in [2.75, 3.05) is 33.2 Å². The van der Waals surface area contributed by atoms with Crippen LogP contribution >= 0.6 is 0 Å². The van der Waals surface area contributed by atoms with E-state index in [1.165, 1.54) is 51.7 Å². The molecule has 0 aromatic heterocycles. The van der Waals surface area contributed by atoms with Crippen LogP contribution in [0, 0.1) is 10.8 Å². The third-order valence-corrected chi connectivity index (χ3v) is 5.48. The number of rotatable bonds is 7. The Labute approximate surface area is 115 Å². The average molecular weight is 254 g/mol. The van der Waals surface area contributed by atoms with Gasteiger partial charge in [0.2, 0.25) is 0 Å². The number of hydrogen-bond acceptors (Lipinski definition) is 2. The highest BCUT2D eigenvalue weighted by atomic mass is 15.1. The second kappa shape index (κ2) is 6.91. The minimum atomic E-state index is 0.438. The number of nitrogens with zero attached hydrogens (tertiary/aromatic N) is 1. The van der Waals surface area contributed by atoms with Crippen molar-refractivity contribution >= 4 is 0 Å². The Balaban J connectivity index is 2.48. The number of piperidine rings is 1. The highest BCUT2D eigenvalue weighted by molar-refractivity contribution is 4.87. The van der Waals surface area contributed by atoms with E-state index in [0.29, 0.717) is 10.8 Å². The summed E-state index contributed by atoms with van der Waals surface area (Å²) in [4.78, 5) is 2.70. The van der Waals surface area contributed by atoms with Gasteiger partial charge in [-0.1, -0.05) is 40.5 Å². The zero-order valence-electron chi connectivity index (χ0n) is 13.3. The molecule has 0 amide bonds. The maximum absolute atomic E-state index is 3.36. The molecule has 1 unspecified atom stereocenters. The molecule has 1 rings (SSSR count). The summed E-state index contributed by atoms with van der Waals surface area (Å²) in [6.07, 6.45) is 6.79. The van der Waals surface area contributed by atoms with E-state index in [1.807, 2.05) is 0 Å². The Morgan fingerprint density at radius 2 is 1.67 bits per heavy atom. The van der Waals surface area contributed by atoms with E-state index in [2.05, 4.69) is 45.0 Å². The largest absolute Gasteiger partial charge is 0.319 e. The molecule has 1 fully saturated rings. The molecule has 0 radical (unpaired) electrons. The molecule has 0 aliphatic carbocycles. The topological polar surface area (TPSA) is 15.3 Å². The van der Waals surface area contributed by atoms with Crippen molar-refractivity contribution in [1.29, 1.82) is 0 Å². The predicted octanol–water partition coefficient (Wildman–Crippen LogP) is 3.52. The lowest BCUT2D eigenvalue weighted by atomic mass is 9.73. The Hall–Kier alpha value is -0.0800. The molecule has 0 aromatic rings. The molecule has 1 heterocycles. The second-order valence-electron chi connectivity index (χ2n) is 6.68. The maximum atomic E-state index is 3.36. The standard InChI is InChI=1S/C16H34N2/c1-6-15(4,13-17-5)14-18-11-9-16(7-2,8-3)10-12-18/h17H,6-14H2,1-5H3. The lowest BCUT2D eigenvalue weighted by Crippen LogP contribution is -2.46. The van der Waals surface area contributed by atoms with Crippen LogP contribution in [0.25, 0.3) is 0 Å². The van der Waals surface area contributed by atoms with Crippen LogP contribution in [-0.2, 0) is 0 Å². The molecule has 1 N–H and O–H groups in total. The molecule has 0 saturated carbocycles. The van der Waals surface area contributed by atoms with Crippen LogP contribution in [0.4, 0.5) is 0 Å². The highest BCUT2D eigenvalue weighted by Crippen LogP contribution is 2.38. The minimum absolute atomic E-state index is 0.438. The Kier molecular flexibility index (Phi) is 6.13. The molecule has 0 aromatic carbocycles. The maximum Gasteiger partial charge on any atom is 0.00474 e. The summed E-state index contributed by atoms with van der Waals surface area (Å²) in [6, 6.07) is 0. The molecule has 1 aliphatic rings. The summed E-state index contributed by atoms with van der Waals surface area (Å²) in [5.74, 6) is 0.